The molecular weight excluding hydrogens is 294 g/mol. The molecule has 23 heavy (non-hydrogen) atoms. The summed E-state index contributed by atoms with van der Waals surface area (Å²) in [6.45, 7) is 5.55. The molecule has 0 N–H and O–H groups in total. The van der Waals surface area contributed by atoms with Crippen LogP contribution in [-0.2, 0) is 4.79 Å². The number of carbonyl (C=O) groups is 1. The summed E-state index contributed by atoms with van der Waals surface area (Å²) in [5, 5.41) is 0.820. The lowest BCUT2D eigenvalue weighted by molar-refractivity contribution is -0.139. The van der Waals surface area contributed by atoms with Crippen LogP contribution in [0.1, 0.15) is 26.7 Å². The molecule has 122 valence electrons. The topological polar surface area (TPSA) is 59.8 Å². The number of carbonyl (C=O) groups excluding carboxylic acids is 1. The van der Waals surface area contributed by atoms with Crippen molar-refractivity contribution in [2.45, 2.75) is 32.8 Å². The summed E-state index contributed by atoms with van der Waals surface area (Å²) in [7, 11) is 0. The van der Waals surface area contributed by atoms with Gasteiger partial charge in [-0.15, -0.1) is 0 Å². The normalized spacial score (nSPS) is 17.2. The standard InChI is InChI=1S/C18H21NO4/c1-12-7-9-19(10-8-12)18(21)13(2)22-15-5-3-14-4-6-17(20)23-16(14)11-15/h3-6,11-13H,7-10H2,1-2H3/t13-/m1/s1. The number of amides is 1. The van der Waals surface area contributed by atoms with Crippen LogP contribution < -0.4 is 10.4 Å². The first-order chi connectivity index (χ1) is 11.0. The highest BCUT2D eigenvalue weighted by Crippen LogP contribution is 2.22. The predicted molar refractivity (Wildman–Crippen MR) is 87.6 cm³/mol. The van der Waals surface area contributed by atoms with E-state index in [1.165, 1.54) is 6.07 Å². The van der Waals surface area contributed by atoms with Crippen LogP contribution in [0, 0.1) is 5.92 Å². The van der Waals surface area contributed by atoms with Crippen molar-refractivity contribution in [2.24, 2.45) is 5.92 Å². The molecule has 0 unspecified atom stereocenters. The van der Waals surface area contributed by atoms with Gasteiger partial charge >= 0.3 is 5.63 Å². The molecule has 2 heterocycles. The molecule has 1 fully saturated rings. The smallest absolute Gasteiger partial charge is 0.336 e. The van der Waals surface area contributed by atoms with Gasteiger partial charge in [0.2, 0.25) is 0 Å². The van der Waals surface area contributed by atoms with Gasteiger partial charge in [0, 0.05) is 30.6 Å². The van der Waals surface area contributed by atoms with E-state index in [-0.39, 0.29) is 5.91 Å². The molecule has 0 radical (unpaired) electrons. The van der Waals surface area contributed by atoms with Crippen LogP contribution in [0.4, 0.5) is 0 Å². The summed E-state index contributed by atoms with van der Waals surface area (Å²) in [5.41, 5.74) is 0.0580. The van der Waals surface area contributed by atoms with Crippen LogP contribution in [-0.4, -0.2) is 30.0 Å². The Morgan fingerprint density at radius 3 is 2.70 bits per heavy atom. The Labute approximate surface area is 134 Å². The van der Waals surface area contributed by atoms with Crippen LogP contribution in [0.15, 0.2) is 39.5 Å². The molecule has 1 amide bonds. The Balaban J connectivity index is 1.70. The van der Waals surface area contributed by atoms with Crippen LogP contribution >= 0.6 is 0 Å². The van der Waals surface area contributed by atoms with Crippen molar-refractivity contribution in [3.8, 4) is 5.75 Å². The van der Waals surface area contributed by atoms with Crippen molar-refractivity contribution in [1.29, 1.82) is 0 Å². The molecular formula is C18H21NO4. The van der Waals surface area contributed by atoms with E-state index in [1.807, 2.05) is 11.0 Å². The minimum absolute atomic E-state index is 0.00603. The summed E-state index contributed by atoms with van der Waals surface area (Å²) in [6, 6.07) is 8.33. The molecule has 1 saturated heterocycles. The van der Waals surface area contributed by atoms with Crippen molar-refractivity contribution in [2.75, 3.05) is 13.1 Å². The molecule has 5 nitrogen and oxygen atoms in total. The molecule has 0 bridgehead atoms. The highest BCUT2D eigenvalue weighted by molar-refractivity contribution is 5.81. The first kappa shape index (κ1) is 15.6. The van der Waals surface area contributed by atoms with Crippen LogP contribution in [0.3, 0.4) is 0 Å². The van der Waals surface area contributed by atoms with E-state index < -0.39 is 11.7 Å². The van der Waals surface area contributed by atoms with E-state index in [9.17, 15) is 9.59 Å². The van der Waals surface area contributed by atoms with Gasteiger partial charge in [0.15, 0.2) is 6.10 Å². The van der Waals surface area contributed by atoms with Gasteiger partial charge in [-0.3, -0.25) is 4.79 Å². The monoisotopic (exact) mass is 315 g/mol. The fourth-order valence-corrected chi connectivity index (χ4v) is 2.85. The number of hydrogen-bond acceptors (Lipinski definition) is 4. The zero-order valence-electron chi connectivity index (χ0n) is 13.5. The number of ether oxygens (including phenoxy) is 1. The fourth-order valence-electron chi connectivity index (χ4n) is 2.85. The minimum atomic E-state index is -0.559. The van der Waals surface area contributed by atoms with E-state index in [0.29, 0.717) is 17.3 Å². The number of likely N-dealkylation sites (tertiary alicyclic amines) is 1. The number of nitrogens with zero attached hydrogens (tertiary/aromatic N) is 1. The average Bonchev–Trinajstić information content (AvgIpc) is 2.54. The zero-order chi connectivity index (χ0) is 16.4. The van der Waals surface area contributed by atoms with E-state index in [4.69, 9.17) is 9.15 Å². The lowest BCUT2D eigenvalue weighted by Crippen LogP contribution is -2.44. The van der Waals surface area contributed by atoms with Crippen molar-refractivity contribution < 1.29 is 13.9 Å². The Morgan fingerprint density at radius 1 is 1.26 bits per heavy atom. The third kappa shape index (κ3) is 3.55. The summed E-state index contributed by atoms with van der Waals surface area (Å²) in [5.74, 6) is 1.21. The van der Waals surface area contributed by atoms with Gasteiger partial charge in [0.05, 0.1) is 0 Å². The molecule has 0 spiro atoms. The third-order valence-electron chi connectivity index (χ3n) is 4.35. The molecule has 1 atom stereocenters. The lowest BCUT2D eigenvalue weighted by Gasteiger charge is -2.32. The molecule has 5 heteroatoms. The summed E-state index contributed by atoms with van der Waals surface area (Å²) < 4.78 is 10.9. The Bertz CT molecular complexity index is 759. The van der Waals surface area contributed by atoms with E-state index in [0.717, 1.165) is 31.3 Å². The summed E-state index contributed by atoms with van der Waals surface area (Å²) in [4.78, 5) is 25.6. The van der Waals surface area contributed by atoms with Gasteiger partial charge in [-0.2, -0.15) is 0 Å². The highest BCUT2D eigenvalue weighted by atomic mass is 16.5. The number of rotatable bonds is 3. The molecule has 1 aliphatic rings. The average molecular weight is 315 g/mol. The molecule has 0 saturated carbocycles. The van der Waals surface area contributed by atoms with Gasteiger partial charge in [-0.05, 0) is 43.9 Å². The van der Waals surface area contributed by atoms with Crippen LogP contribution in [0.2, 0.25) is 0 Å². The number of fused-ring (bicyclic) bond motifs is 1. The van der Waals surface area contributed by atoms with Crippen molar-refractivity contribution in [3.05, 3.63) is 40.8 Å². The van der Waals surface area contributed by atoms with Gasteiger partial charge in [0.25, 0.3) is 5.91 Å². The highest BCUT2D eigenvalue weighted by Gasteiger charge is 2.25. The van der Waals surface area contributed by atoms with Gasteiger partial charge < -0.3 is 14.1 Å². The second-order valence-corrected chi connectivity index (χ2v) is 6.22. The Morgan fingerprint density at radius 2 is 1.96 bits per heavy atom. The SMILES string of the molecule is CC1CCN(C(=O)[C@@H](C)Oc2ccc3ccc(=O)oc3c2)CC1. The predicted octanol–water partition coefficient (Wildman–Crippen LogP) is 2.82. The second kappa shape index (κ2) is 6.44. The molecule has 2 aromatic rings. The Hall–Kier alpha value is -2.30. The molecule has 1 aromatic heterocycles. The number of piperidine rings is 1. The van der Waals surface area contributed by atoms with Crippen molar-refractivity contribution in [3.63, 3.8) is 0 Å². The van der Waals surface area contributed by atoms with Gasteiger partial charge in [0.1, 0.15) is 11.3 Å². The summed E-state index contributed by atoms with van der Waals surface area (Å²) >= 11 is 0. The second-order valence-electron chi connectivity index (χ2n) is 6.22. The Kier molecular flexibility index (Phi) is 4.37. The maximum absolute atomic E-state index is 12.5. The maximum Gasteiger partial charge on any atom is 0.336 e. The van der Waals surface area contributed by atoms with Crippen LogP contribution in [0.25, 0.3) is 11.0 Å². The fraction of sp³-hybridized carbons (Fsp3) is 0.444. The summed E-state index contributed by atoms with van der Waals surface area (Å²) in [6.07, 6.45) is 1.52. The first-order valence-corrected chi connectivity index (χ1v) is 8.02. The third-order valence-corrected chi connectivity index (χ3v) is 4.35. The zero-order valence-corrected chi connectivity index (χ0v) is 13.5. The first-order valence-electron chi connectivity index (χ1n) is 8.02. The van der Waals surface area contributed by atoms with Crippen molar-refractivity contribution >= 4 is 16.9 Å². The maximum atomic E-state index is 12.5. The quantitative estimate of drug-likeness (QED) is 0.817. The molecule has 0 aliphatic carbocycles. The van der Waals surface area contributed by atoms with E-state index in [1.54, 1.807) is 25.1 Å². The van der Waals surface area contributed by atoms with E-state index in [2.05, 4.69) is 6.92 Å². The minimum Gasteiger partial charge on any atom is -0.481 e. The van der Waals surface area contributed by atoms with Crippen molar-refractivity contribution in [1.82, 2.24) is 4.90 Å². The van der Waals surface area contributed by atoms with Gasteiger partial charge in [-0.1, -0.05) is 6.92 Å². The number of hydrogen-bond donors (Lipinski definition) is 0. The van der Waals surface area contributed by atoms with E-state index >= 15 is 0 Å². The largest absolute Gasteiger partial charge is 0.481 e. The number of benzene rings is 1. The van der Waals surface area contributed by atoms with Crippen LogP contribution in [0.5, 0.6) is 5.75 Å². The van der Waals surface area contributed by atoms with Gasteiger partial charge in [-0.25, -0.2) is 4.79 Å². The molecule has 3 rings (SSSR count). The molecule has 1 aliphatic heterocycles. The lowest BCUT2D eigenvalue weighted by atomic mass is 9.99. The molecule has 1 aromatic carbocycles.